The van der Waals surface area contributed by atoms with Gasteiger partial charge in [0.05, 0.1) is 6.10 Å². The van der Waals surface area contributed by atoms with Crippen molar-refractivity contribution in [2.75, 3.05) is 0 Å². The van der Waals surface area contributed by atoms with E-state index in [0.29, 0.717) is 0 Å². The van der Waals surface area contributed by atoms with Crippen LogP contribution >= 0.6 is 0 Å². The van der Waals surface area contributed by atoms with E-state index in [4.69, 9.17) is 0 Å². The van der Waals surface area contributed by atoms with E-state index >= 15 is 0 Å². The largest absolute Gasteiger partial charge is 0.387 e. The van der Waals surface area contributed by atoms with Crippen molar-refractivity contribution >= 4 is 0 Å². The number of hydrogen-bond donors (Lipinski definition) is 2. The Hall–Kier alpha value is -1.64. The molecule has 2 atom stereocenters. The average Bonchev–Trinajstić information content (AvgIpc) is 2.49. The van der Waals surface area contributed by atoms with Gasteiger partial charge in [-0.25, -0.2) is 0 Å². The maximum Gasteiger partial charge on any atom is 0.0942 e. The molecule has 0 aliphatic carbocycles. The molecule has 2 nitrogen and oxygen atoms in total. The Morgan fingerprint density at radius 2 is 1.53 bits per heavy atom. The Morgan fingerprint density at radius 1 is 0.947 bits per heavy atom. The molecule has 0 saturated carbocycles. The van der Waals surface area contributed by atoms with Crippen LogP contribution in [0.2, 0.25) is 0 Å². The zero-order chi connectivity index (χ0) is 13.5. The highest BCUT2D eigenvalue weighted by Crippen LogP contribution is 2.18. The molecule has 0 radical (unpaired) electrons. The summed E-state index contributed by atoms with van der Waals surface area (Å²) in [7, 11) is 0. The minimum Gasteiger partial charge on any atom is -0.387 e. The van der Waals surface area contributed by atoms with Gasteiger partial charge in [-0.15, -0.1) is 0 Å². The highest BCUT2D eigenvalue weighted by atomic mass is 16.3. The van der Waals surface area contributed by atoms with Crippen molar-refractivity contribution in [3.8, 4) is 0 Å². The fraction of sp³-hybridized carbons (Fsp3) is 0.294. The smallest absolute Gasteiger partial charge is 0.0942 e. The summed E-state index contributed by atoms with van der Waals surface area (Å²) in [4.78, 5) is 0. The summed E-state index contributed by atoms with van der Waals surface area (Å²) in [6.07, 6.45) is 0.429. The van der Waals surface area contributed by atoms with Crippen LogP contribution in [0.15, 0.2) is 60.7 Å². The van der Waals surface area contributed by atoms with Gasteiger partial charge in [-0.3, -0.25) is 0 Å². The van der Waals surface area contributed by atoms with Crippen LogP contribution in [0, 0.1) is 0 Å². The van der Waals surface area contributed by atoms with Crippen LogP contribution in [0.1, 0.15) is 30.6 Å². The molecule has 0 aromatic heterocycles. The van der Waals surface area contributed by atoms with E-state index in [1.807, 2.05) is 48.5 Å². The SMILES string of the molecule is CCC(NCc1ccccc1)C(O)c1ccccc1. The summed E-state index contributed by atoms with van der Waals surface area (Å²) in [6.45, 7) is 2.87. The summed E-state index contributed by atoms with van der Waals surface area (Å²) in [5.74, 6) is 0. The molecule has 0 aliphatic rings. The summed E-state index contributed by atoms with van der Waals surface area (Å²) >= 11 is 0. The lowest BCUT2D eigenvalue weighted by molar-refractivity contribution is 0.125. The zero-order valence-electron chi connectivity index (χ0n) is 11.3. The lowest BCUT2D eigenvalue weighted by Gasteiger charge is -2.23. The van der Waals surface area contributed by atoms with Crippen molar-refractivity contribution in [3.63, 3.8) is 0 Å². The van der Waals surface area contributed by atoms with E-state index < -0.39 is 6.10 Å². The maximum atomic E-state index is 10.4. The van der Waals surface area contributed by atoms with Crippen molar-refractivity contribution in [3.05, 3.63) is 71.8 Å². The number of hydrogen-bond acceptors (Lipinski definition) is 2. The van der Waals surface area contributed by atoms with Crippen LogP contribution in [0.5, 0.6) is 0 Å². The van der Waals surface area contributed by atoms with Crippen molar-refractivity contribution in [2.45, 2.75) is 32.0 Å². The Morgan fingerprint density at radius 3 is 2.11 bits per heavy atom. The molecule has 19 heavy (non-hydrogen) atoms. The van der Waals surface area contributed by atoms with Crippen LogP contribution < -0.4 is 5.32 Å². The third-order valence-electron chi connectivity index (χ3n) is 3.37. The van der Waals surface area contributed by atoms with Gasteiger partial charge in [-0.1, -0.05) is 67.6 Å². The van der Waals surface area contributed by atoms with E-state index in [1.54, 1.807) is 0 Å². The molecule has 2 aromatic rings. The van der Waals surface area contributed by atoms with Crippen LogP contribution in [0.4, 0.5) is 0 Å². The second-order valence-electron chi connectivity index (χ2n) is 4.74. The van der Waals surface area contributed by atoms with E-state index in [9.17, 15) is 5.11 Å². The van der Waals surface area contributed by atoms with Gasteiger partial charge < -0.3 is 10.4 Å². The molecule has 0 heterocycles. The van der Waals surface area contributed by atoms with Gasteiger partial charge in [-0.2, -0.15) is 0 Å². The van der Waals surface area contributed by atoms with Gasteiger partial charge in [0.25, 0.3) is 0 Å². The first-order valence-corrected chi connectivity index (χ1v) is 6.81. The summed E-state index contributed by atoms with van der Waals surface area (Å²) in [6, 6.07) is 20.2. The lowest BCUT2D eigenvalue weighted by Crippen LogP contribution is -2.34. The predicted octanol–water partition coefficient (Wildman–Crippen LogP) is 3.29. The molecule has 0 saturated heterocycles. The Kier molecular flexibility index (Phi) is 5.13. The van der Waals surface area contributed by atoms with Gasteiger partial charge in [0.1, 0.15) is 0 Å². The van der Waals surface area contributed by atoms with Gasteiger partial charge in [0.2, 0.25) is 0 Å². The first kappa shape index (κ1) is 13.8. The van der Waals surface area contributed by atoms with Crippen molar-refractivity contribution in [1.82, 2.24) is 5.32 Å². The monoisotopic (exact) mass is 255 g/mol. The molecule has 0 aliphatic heterocycles. The topological polar surface area (TPSA) is 32.3 Å². The molecular weight excluding hydrogens is 234 g/mol. The molecule has 2 aromatic carbocycles. The molecule has 0 spiro atoms. The minimum absolute atomic E-state index is 0.0719. The highest BCUT2D eigenvalue weighted by molar-refractivity contribution is 5.19. The van der Waals surface area contributed by atoms with Gasteiger partial charge >= 0.3 is 0 Å². The number of rotatable bonds is 6. The Labute approximate surface area is 115 Å². The Balaban J connectivity index is 1.97. The standard InChI is InChI=1S/C17H21NO/c1-2-16(17(19)15-11-7-4-8-12-15)18-13-14-9-5-3-6-10-14/h3-12,16-19H,2,13H2,1H3. The van der Waals surface area contributed by atoms with Gasteiger partial charge in [-0.05, 0) is 17.5 Å². The quantitative estimate of drug-likeness (QED) is 0.830. The average molecular weight is 255 g/mol. The van der Waals surface area contributed by atoms with Crippen molar-refractivity contribution in [2.24, 2.45) is 0 Å². The molecule has 100 valence electrons. The summed E-state index contributed by atoms with van der Waals surface area (Å²) < 4.78 is 0. The highest BCUT2D eigenvalue weighted by Gasteiger charge is 2.18. The second kappa shape index (κ2) is 7.07. The van der Waals surface area contributed by atoms with E-state index in [2.05, 4.69) is 24.4 Å². The second-order valence-corrected chi connectivity index (χ2v) is 4.74. The van der Waals surface area contributed by atoms with Crippen LogP contribution in [0.3, 0.4) is 0 Å². The number of nitrogens with one attached hydrogen (secondary N) is 1. The molecule has 0 fully saturated rings. The molecule has 0 amide bonds. The minimum atomic E-state index is -0.463. The van der Waals surface area contributed by atoms with E-state index in [-0.39, 0.29) is 6.04 Å². The molecule has 2 heteroatoms. The number of aliphatic hydroxyl groups is 1. The summed E-state index contributed by atoms with van der Waals surface area (Å²) in [5.41, 5.74) is 2.20. The molecule has 2 rings (SSSR count). The maximum absolute atomic E-state index is 10.4. The molecule has 0 bridgehead atoms. The first-order valence-electron chi connectivity index (χ1n) is 6.81. The van der Waals surface area contributed by atoms with Gasteiger partial charge in [0, 0.05) is 12.6 Å². The predicted molar refractivity (Wildman–Crippen MR) is 78.8 cm³/mol. The van der Waals surface area contributed by atoms with Gasteiger partial charge in [0.15, 0.2) is 0 Å². The van der Waals surface area contributed by atoms with E-state index in [0.717, 1.165) is 18.5 Å². The zero-order valence-corrected chi connectivity index (χ0v) is 11.3. The molecule has 2 unspecified atom stereocenters. The summed E-state index contributed by atoms with van der Waals surface area (Å²) in [5, 5.41) is 13.8. The van der Waals surface area contributed by atoms with E-state index in [1.165, 1.54) is 5.56 Å². The van der Waals surface area contributed by atoms with Crippen molar-refractivity contribution in [1.29, 1.82) is 0 Å². The number of benzene rings is 2. The van der Waals surface area contributed by atoms with Crippen molar-refractivity contribution < 1.29 is 5.11 Å². The third-order valence-corrected chi connectivity index (χ3v) is 3.37. The molecular formula is C17H21NO. The first-order chi connectivity index (χ1) is 9.31. The fourth-order valence-electron chi connectivity index (χ4n) is 2.21. The lowest BCUT2D eigenvalue weighted by atomic mass is 10.00. The normalized spacial score (nSPS) is 14.0. The van der Waals surface area contributed by atoms with Crippen LogP contribution in [-0.4, -0.2) is 11.1 Å². The fourth-order valence-corrected chi connectivity index (χ4v) is 2.21. The van der Waals surface area contributed by atoms with Crippen LogP contribution in [-0.2, 0) is 6.54 Å². The molecule has 2 N–H and O–H groups in total. The number of aliphatic hydroxyl groups excluding tert-OH is 1. The Bertz CT molecular complexity index is 469. The third kappa shape index (κ3) is 3.91. The van der Waals surface area contributed by atoms with Crippen LogP contribution in [0.25, 0.3) is 0 Å².